The van der Waals surface area contributed by atoms with Crippen LogP contribution in [0.15, 0.2) is 34.9 Å². The highest BCUT2D eigenvalue weighted by atomic mass is 79.9. The summed E-state index contributed by atoms with van der Waals surface area (Å²) in [6.07, 6.45) is 1.68. The molecule has 0 saturated heterocycles. The Morgan fingerprint density at radius 2 is 2.15 bits per heavy atom. The predicted molar refractivity (Wildman–Crippen MR) is 80.8 cm³/mol. The standard InChI is InChI=1S/C14H10BrClFN3/c1-8-2-3-10(5-11(8)17)20-13(6-16)19-12-4-9(15)7-18-14(12)20/h2-5,7H,6H2,1H3. The third-order valence-electron chi connectivity index (χ3n) is 3.07. The van der Waals surface area contributed by atoms with Gasteiger partial charge in [0.05, 0.1) is 11.6 Å². The van der Waals surface area contributed by atoms with E-state index in [1.807, 2.05) is 12.1 Å². The number of halogens is 3. The Balaban J connectivity index is 2.30. The molecule has 0 fully saturated rings. The summed E-state index contributed by atoms with van der Waals surface area (Å²) in [4.78, 5) is 8.79. The van der Waals surface area contributed by atoms with Crippen molar-refractivity contribution in [2.24, 2.45) is 0 Å². The molecule has 3 nitrogen and oxygen atoms in total. The third kappa shape index (κ3) is 2.21. The van der Waals surface area contributed by atoms with E-state index < -0.39 is 0 Å². The van der Waals surface area contributed by atoms with E-state index in [0.717, 1.165) is 9.99 Å². The number of rotatable bonds is 2. The van der Waals surface area contributed by atoms with Crippen molar-refractivity contribution in [3.8, 4) is 5.69 Å². The summed E-state index contributed by atoms with van der Waals surface area (Å²) in [6, 6.07) is 6.89. The van der Waals surface area contributed by atoms with Crippen LogP contribution < -0.4 is 0 Å². The van der Waals surface area contributed by atoms with Crippen molar-refractivity contribution < 1.29 is 4.39 Å². The van der Waals surface area contributed by atoms with Crippen LogP contribution in [0.1, 0.15) is 11.4 Å². The Morgan fingerprint density at radius 1 is 1.35 bits per heavy atom. The number of hydrogen-bond acceptors (Lipinski definition) is 2. The minimum absolute atomic E-state index is 0.226. The van der Waals surface area contributed by atoms with Crippen LogP contribution in [0.5, 0.6) is 0 Å². The van der Waals surface area contributed by atoms with Gasteiger partial charge in [0.25, 0.3) is 0 Å². The van der Waals surface area contributed by atoms with Crippen molar-refractivity contribution in [2.75, 3.05) is 0 Å². The molecule has 20 heavy (non-hydrogen) atoms. The largest absolute Gasteiger partial charge is 0.280 e. The van der Waals surface area contributed by atoms with Crippen molar-refractivity contribution in [3.05, 3.63) is 52.1 Å². The fourth-order valence-electron chi connectivity index (χ4n) is 2.07. The van der Waals surface area contributed by atoms with Crippen molar-refractivity contribution in [1.82, 2.24) is 14.5 Å². The zero-order valence-corrected chi connectivity index (χ0v) is 12.9. The summed E-state index contributed by atoms with van der Waals surface area (Å²) >= 11 is 9.31. The van der Waals surface area contributed by atoms with Crippen LogP contribution in [0, 0.1) is 12.7 Å². The Kier molecular flexibility index (Phi) is 3.48. The van der Waals surface area contributed by atoms with E-state index in [9.17, 15) is 4.39 Å². The average molecular weight is 355 g/mol. The summed E-state index contributed by atoms with van der Waals surface area (Å²) in [5.74, 6) is 0.598. The Labute approximate surface area is 128 Å². The first-order valence-corrected chi connectivity index (χ1v) is 7.28. The normalized spacial score (nSPS) is 11.2. The summed E-state index contributed by atoms with van der Waals surface area (Å²) in [5, 5.41) is 0. The highest BCUT2D eigenvalue weighted by Crippen LogP contribution is 2.24. The summed E-state index contributed by atoms with van der Waals surface area (Å²) in [5.41, 5.74) is 2.64. The molecule has 102 valence electrons. The molecule has 0 radical (unpaired) electrons. The molecule has 0 atom stereocenters. The van der Waals surface area contributed by atoms with Crippen LogP contribution in [0.4, 0.5) is 4.39 Å². The molecule has 0 aliphatic rings. The maximum atomic E-state index is 13.8. The Hall–Kier alpha value is -1.46. The number of hydrogen-bond donors (Lipinski definition) is 0. The Morgan fingerprint density at radius 3 is 2.85 bits per heavy atom. The molecule has 0 spiro atoms. The molecule has 3 rings (SSSR count). The molecule has 3 aromatic rings. The molecule has 0 saturated carbocycles. The van der Waals surface area contributed by atoms with Gasteiger partial charge in [-0.3, -0.25) is 4.57 Å². The fourth-order valence-corrected chi connectivity index (χ4v) is 2.57. The van der Waals surface area contributed by atoms with Gasteiger partial charge in [0.15, 0.2) is 5.65 Å². The average Bonchev–Trinajstić information content (AvgIpc) is 2.79. The van der Waals surface area contributed by atoms with Crippen LogP contribution in [-0.2, 0) is 5.88 Å². The zero-order chi connectivity index (χ0) is 14.3. The van der Waals surface area contributed by atoms with Gasteiger partial charge in [-0.05, 0) is 46.6 Å². The second-order valence-corrected chi connectivity index (χ2v) is 5.61. The van der Waals surface area contributed by atoms with Gasteiger partial charge in [-0.1, -0.05) is 6.07 Å². The number of imidazole rings is 1. The van der Waals surface area contributed by atoms with E-state index >= 15 is 0 Å². The van der Waals surface area contributed by atoms with E-state index in [-0.39, 0.29) is 11.7 Å². The summed E-state index contributed by atoms with van der Waals surface area (Å²) in [6.45, 7) is 1.73. The monoisotopic (exact) mass is 353 g/mol. The molecule has 0 amide bonds. The van der Waals surface area contributed by atoms with Crippen molar-refractivity contribution in [1.29, 1.82) is 0 Å². The lowest BCUT2D eigenvalue weighted by molar-refractivity contribution is 0.617. The molecular weight excluding hydrogens is 345 g/mol. The van der Waals surface area contributed by atoms with E-state index in [2.05, 4.69) is 25.9 Å². The molecule has 0 aliphatic heterocycles. The number of aromatic nitrogens is 3. The second kappa shape index (κ2) is 5.14. The zero-order valence-electron chi connectivity index (χ0n) is 10.6. The number of pyridine rings is 1. The highest BCUT2D eigenvalue weighted by molar-refractivity contribution is 9.10. The highest BCUT2D eigenvalue weighted by Gasteiger charge is 2.14. The topological polar surface area (TPSA) is 30.7 Å². The molecule has 1 aromatic carbocycles. The van der Waals surface area contributed by atoms with E-state index in [4.69, 9.17) is 11.6 Å². The van der Waals surface area contributed by atoms with E-state index in [1.165, 1.54) is 6.07 Å². The number of nitrogens with zero attached hydrogens (tertiary/aromatic N) is 3. The van der Waals surface area contributed by atoms with Crippen LogP contribution in [0.25, 0.3) is 16.9 Å². The van der Waals surface area contributed by atoms with Gasteiger partial charge in [0.2, 0.25) is 0 Å². The lowest BCUT2D eigenvalue weighted by Crippen LogP contribution is -2.01. The van der Waals surface area contributed by atoms with Crippen LogP contribution >= 0.6 is 27.5 Å². The molecule has 0 bridgehead atoms. The molecule has 0 N–H and O–H groups in total. The minimum atomic E-state index is -0.262. The number of fused-ring (bicyclic) bond motifs is 1. The summed E-state index contributed by atoms with van der Waals surface area (Å²) in [7, 11) is 0. The smallest absolute Gasteiger partial charge is 0.164 e. The quantitative estimate of drug-likeness (QED) is 0.640. The van der Waals surface area contributed by atoms with Gasteiger partial charge in [0, 0.05) is 10.7 Å². The molecule has 0 aliphatic carbocycles. The molecule has 2 aromatic heterocycles. The first-order chi connectivity index (χ1) is 9.60. The van der Waals surface area contributed by atoms with Crippen LogP contribution in [0.2, 0.25) is 0 Å². The van der Waals surface area contributed by atoms with E-state index in [0.29, 0.717) is 22.7 Å². The van der Waals surface area contributed by atoms with Gasteiger partial charge < -0.3 is 0 Å². The third-order valence-corrected chi connectivity index (χ3v) is 3.74. The number of benzene rings is 1. The lowest BCUT2D eigenvalue weighted by atomic mass is 10.2. The Bertz CT molecular complexity index is 800. The van der Waals surface area contributed by atoms with Crippen LogP contribution in [-0.4, -0.2) is 14.5 Å². The van der Waals surface area contributed by atoms with Crippen molar-refractivity contribution in [3.63, 3.8) is 0 Å². The SMILES string of the molecule is Cc1ccc(-n2c(CCl)nc3cc(Br)cnc32)cc1F. The predicted octanol–water partition coefficient (Wildman–Crippen LogP) is 4.37. The molecule has 0 unspecified atom stereocenters. The molecule has 6 heteroatoms. The van der Waals surface area contributed by atoms with E-state index in [1.54, 1.807) is 23.8 Å². The van der Waals surface area contributed by atoms with Gasteiger partial charge in [-0.15, -0.1) is 11.6 Å². The first kappa shape index (κ1) is 13.5. The van der Waals surface area contributed by atoms with Gasteiger partial charge in [0.1, 0.15) is 17.2 Å². The fraction of sp³-hybridized carbons (Fsp3) is 0.143. The maximum Gasteiger partial charge on any atom is 0.164 e. The number of alkyl halides is 1. The van der Waals surface area contributed by atoms with Gasteiger partial charge >= 0.3 is 0 Å². The molecule has 2 heterocycles. The van der Waals surface area contributed by atoms with Crippen LogP contribution in [0.3, 0.4) is 0 Å². The lowest BCUT2D eigenvalue weighted by Gasteiger charge is -2.08. The van der Waals surface area contributed by atoms with Gasteiger partial charge in [-0.2, -0.15) is 0 Å². The first-order valence-electron chi connectivity index (χ1n) is 5.95. The maximum absolute atomic E-state index is 13.8. The van der Waals surface area contributed by atoms with Crippen molar-refractivity contribution in [2.45, 2.75) is 12.8 Å². The summed E-state index contributed by atoms with van der Waals surface area (Å²) < 4.78 is 16.4. The number of aryl methyl sites for hydroxylation is 1. The van der Waals surface area contributed by atoms with Crippen molar-refractivity contribution >= 4 is 38.7 Å². The minimum Gasteiger partial charge on any atom is -0.280 e. The van der Waals surface area contributed by atoms with Gasteiger partial charge in [-0.25, -0.2) is 14.4 Å². The second-order valence-electron chi connectivity index (χ2n) is 4.43. The molecular formula is C14H10BrClFN3.